The average molecular weight is 340 g/mol. The van der Waals surface area contributed by atoms with Gasteiger partial charge in [0.2, 0.25) is 0 Å². The molecule has 0 aliphatic heterocycles. The van der Waals surface area contributed by atoms with Crippen molar-refractivity contribution in [1.29, 1.82) is 0 Å². The Morgan fingerprint density at radius 2 is 1.88 bits per heavy atom. The first-order valence-corrected chi connectivity index (χ1v) is 8.41. The summed E-state index contributed by atoms with van der Waals surface area (Å²) in [6.45, 7) is 3.73. The third-order valence-electron chi connectivity index (χ3n) is 3.84. The zero-order chi connectivity index (χ0) is 18.2. The molecule has 0 bridgehead atoms. The molecule has 132 valence electrons. The van der Waals surface area contributed by atoms with Crippen LogP contribution in [0.5, 0.6) is 5.75 Å². The van der Waals surface area contributed by atoms with E-state index >= 15 is 0 Å². The minimum absolute atomic E-state index is 0.0511. The van der Waals surface area contributed by atoms with Gasteiger partial charge in [-0.2, -0.15) is 0 Å². The van der Waals surface area contributed by atoms with E-state index in [9.17, 15) is 9.59 Å². The number of anilines is 1. The van der Waals surface area contributed by atoms with Gasteiger partial charge in [-0.25, -0.2) is 0 Å². The number of nitrogen functional groups attached to an aromatic ring is 1. The molecule has 2 rings (SSSR count). The lowest BCUT2D eigenvalue weighted by Gasteiger charge is -2.15. The lowest BCUT2D eigenvalue weighted by molar-refractivity contribution is -0.123. The van der Waals surface area contributed by atoms with Gasteiger partial charge in [-0.3, -0.25) is 9.59 Å². The van der Waals surface area contributed by atoms with Crippen LogP contribution in [0.1, 0.15) is 48.7 Å². The summed E-state index contributed by atoms with van der Waals surface area (Å²) in [4.78, 5) is 23.9. The zero-order valence-corrected chi connectivity index (χ0v) is 14.6. The van der Waals surface area contributed by atoms with Crippen molar-refractivity contribution < 1.29 is 14.3 Å². The van der Waals surface area contributed by atoms with E-state index in [1.165, 1.54) is 0 Å². The summed E-state index contributed by atoms with van der Waals surface area (Å²) in [7, 11) is 0. The normalized spacial score (nSPS) is 11.6. The number of Topliss-reactive ketones (excluding diaryl/α,β-unsaturated/α-hetero) is 1. The summed E-state index contributed by atoms with van der Waals surface area (Å²) in [5, 5.41) is 2.87. The molecule has 0 aliphatic carbocycles. The quantitative estimate of drug-likeness (QED) is 0.569. The van der Waals surface area contributed by atoms with E-state index in [1.54, 1.807) is 18.2 Å². The molecule has 0 saturated heterocycles. The molecule has 3 N–H and O–H groups in total. The third kappa shape index (κ3) is 5.35. The molecule has 2 aromatic rings. The molecule has 0 radical (unpaired) electrons. The molecule has 0 heterocycles. The second-order valence-corrected chi connectivity index (χ2v) is 5.91. The maximum atomic E-state index is 12.0. The Bertz CT molecular complexity index is 729. The smallest absolute Gasteiger partial charge is 0.258 e. The van der Waals surface area contributed by atoms with Gasteiger partial charge >= 0.3 is 0 Å². The van der Waals surface area contributed by atoms with Gasteiger partial charge in [0, 0.05) is 12.0 Å². The molecule has 5 nitrogen and oxygen atoms in total. The fourth-order valence-corrected chi connectivity index (χ4v) is 2.48. The Morgan fingerprint density at radius 3 is 2.52 bits per heavy atom. The van der Waals surface area contributed by atoms with Crippen LogP contribution in [0.25, 0.3) is 0 Å². The maximum absolute atomic E-state index is 12.0. The lowest BCUT2D eigenvalue weighted by Crippen LogP contribution is -2.31. The van der Waals surface area contributed by atoms with Gasteiger partial charge in [-0.05, 0) is 37.1 Å². The molecular weight excluding hydrogens is 316 g/mol. The highest BCUT2D eigenvalue weighted by Crippen LogP contribution is 2.23. The zero-order valence-electron chi connectivity index (χ0n) is 14.6. The van der Waals surface area contributed by atoms with Crippen LogP contribution < -0.4 is 15.8 Å². The number of ketones is 1. The van der Waals surface area contributed by atoms with Gasteiger partial charge in [0.05, 0.1) is 11.7 Å². The monoisotopic (exact) mass is 340 g/mol. The Morgan fingerprint density at radius 1 is 1.16 bits per heavy atom. The first-order chi connectivity index (χ1) is 12.0. The van der Waals surface area contributed by atoms with E-state index < -0.39 is 0 Å². The molecule has 0 saturated carbocycles. The highest BCUT2D eigenvalue weighted by Gasteiger charge is 2.12. The van der Waals surface area contributed by atoms with Crippen molar-refractivity contribution in [2.75, 3.05) is 12.3 Å². The summed E-state index contributed by atoms with van der Waals surface area (Å²) < 4.78 is 5.48. The van der Waals surface area contributed by atoms with Crippen molar-refractivity contribution in [2.45, 2.75) is 32.7 Å². The number of amides is 1. The standard InChI is InChI=1S/C20H24N2O3/c1-3-7-18(23)16-10-11-19(17(21)12-16)25-13-20(24)22-14(2)15-8-5-4-6-9-15/h4-6,8-12,14H,3,7,13,21H2,1-2H3,(H,22,24). The van der Waals surface area contributed by atoms with E-state index in [2.05, 4.69) is 5.32 Å². The van der Waals surface area contributed by atoms with Gasteiger partial charge in [0.25, 0.3) is 5.91 Å². The highest BCUT2D eigenvalue weighted by molar-refractivity contribution is 5.97. The van der Waals surface area contributed by atoms with Crippen LogP contribution in [0, 0.1) is 0 Å². The van der Waals surface area contributed by atoms with Crippen LogP contribution in [0.2, 0.25) is 0 Å². The SMILES string of the molecule is CCCC(=O)c1ccc(OCC(=O)NC(C)c2ccccc2)c(N)c1. The summed E-state index contributed by atoms with van der Waals surface area (Å²) in [6.07, 6.45) is 1.27. The number of hydrogen-bond donors (Lipinski definition) is 2. The minimum atomic E-state index is -0.234. The Kier molecular flexibility index (Phi) is 6.57. The summed E-state index contributed by atoms with van der Waals surface area (Å²) in [5.41, 5.74) is 7.86. The summed E-state index contributed by atoms with van der Waals surface area (Å²) in [5.74, 6) is 0.215. The van der Waals surface area contributed by atoms with Crippen molar-refractivity contribution in [2.24, 2.45) is 0 Å². The highest BCUT2D eigenvalue weighted by atomic mass is 16.5. The molecule has 1 amide bonds. The predicted molar refractivity (Wildman–Crippen MR) is 98.6 cm³/mol. The lowest BCUT2D eigenvalue weighted by atomic mass is 10.1. The van der Waals surface area contributed by atoms with E-state index in [0.29, 0.717) is 23.4 Å². The fourth-order valence-electron chi connectivity index (χ4n) is 2.48. The van der Waals surface area contributed by atoms with Crippen molar-refractivity contribution in [3.05, 3.63) is 59.7 Å². The average Bonchev–Trinajstić information content (AvgIpc) is 2.61. The third-order valence-corrected chi connectivity index (χ3v) is 3.84. The fraction of sp³-hybridized carbons (Fsp3) is 0.300. The van der Waals surface area contributed by atoms with E-state index in [-0.39, 0.29) is 24.3 Å². The van der Waals surface area contributed by atoms with Crippen molar-refractivity contribution in [3.63, 3.8) is 0 Å². The number of carbonyl (C=O) groups excluding carboxylic acids is 2. The molecule has 0 aromatic heterocycles. The van der Waals surface area contributed by atoms with Crippen LogP contribution in [-0.4, -0.2) is 18.3 Å². The van der Waals surface area contributed by atoms with Gasteiger partial charge < -0.3 is 15.8 Å². The molecule has 0 fully saturated rings. The number of hydrogen-bond acceptors (Lipinski definition) is 4. The van der Waals surface area contributed by atoms with Crippen molar-refractivity contribution >= 4 is 17.4 Å². The van der Waals surface area contributed by atoms with Crippen LogP contribution in [0.4, 0.5) is 5.69 Å². The molecular formula is C20H24N2O3. The number of nitrogens with one attached hydrogen (secondary N) is 1. The Balaban J connectivity index is 1.90. The van der Waals surface area contributed by atoms with E-state index in [4.69, 9.17) is 10.5 Å². The van der Waals surface area contributed by atoms with Crippen molar-refractivity contribution in [3.8, 4) is 5.75 Å². The molecule has 0 spiro atoms. The van der Waals surface area contributed by atoms with Crippen molar-refractivity contribution in [1.82, 2.24) is 5.32 Å². The summed E-state index contributed by atoms with van der Waals surface area (Å²) in [6, 6.07) is 14.5. The topological polar surface area (TPSA) is 81.4 Å². The van der Waals surface area contributed by atoms with Gasteiger partial charge in [0.1, 0.15) is 5.75 Å². The second kappa shape index (κ2) is 8.87. The predicted octanol–water partition coefficient (Wildman–Crippen LogP) is 3.51. The van der Waals surface area contributed by atoms with Crippen LogP contribution in [0.15, 0.2) is 48.5 Å². The first-order valence-electron chi connectivity index (χ1n) is 8.41. The maximum Gasteiger partial charge on any atom is 0.258 e. The molecule has 1 atom stereocenters. The minimum Gasteiger partial charge on any atom is -0.482 e. The number of benzene rings is 2. The van der Waals surface area contributed by atoms with Crippen LogP contribution in [0.3, 0.4) is 0 Å². The Labute approximate surface area is 148 Å². The first kappa shape index (κ1) is 18.5. The molecule has 0 aliphatic rings. The number of carbonyl (C=O) groups is 2. The van der Waals surface area contributed by atoms with E-state index in [0.717, 1.165) is 12.0 Å². The molecule has 5 heteroatoms. The van der Waals surface area contributed by atoms with Crippen LogP contribution >= 0.6 is 0 Å². The summed E-state index contributed by atoms with van der Waals surface area (Å²) >= 11 is 0. The largest absolute Gasteiger partial charge is 0.482 e. The van der Waals surface area contributed by atoms with Crippen LogP contribution in [-0.2, 0) is 4.79 Å². The van der Waals surface area contributed by atoms with E-state index in [1.807, 2.05) is 44.2 Å². The molecule has 1 unspecified atom stereocenters. The Hall–Kier alpha value is -2.82. The molecule has 25 heavy (non-hydrogen) atoms. The number of nitrogens with two attached hydrogens (primary N) is 1. The molecule has 2 aromatic carbocycles. The number of ether oxygens (including phenoxy) is 1. The van der Waals surface area contributed by atoms with Gasteiger partial charge in [-0.15, -0.1) is 0 Å². The second-order valence-electron chi connectivity index (χ2n) is 5.91. The van der Waals surface area contributed by atoms with Gasteiger partial charge in [0.15, 0.2) is 12.4 Å². The number of rotatable bonds is 8. The van der Waals surface area contributed by atoms with Gasteiger partial charge in [-0.1, -0.05) is 37.3 Å².